The highest BCUT2D eigenvalue weighted by Crippen LogP contribution is 2.25. The molecule has 0 heterocycles. The van der Waals surface area contributed by atoms with Gasteiger partial charge in [-0.1, -0.05) is 18.6 Å². The molecule has 0 saturated carbocycles. The number of ether oxygens (including phenoxy) is 1. The van der Waals surface area contributed by atoms with Crippen LogP contribution < -0.4 is 4.74 Å². The third kappa shape index (κ3) is 3.19. The second-order valence-electron chi connectivity index (χ2n) is 4.50. The Morgan fingerprint density at radius 3 is 3.00 bits per heavy atom. The summed E-state index contributed by atoms with van der Waals surface area (Å²) in [5.74, 6) is -0.405. The molecule has 1 aliphatic carbocycles. The molecule has 2 nitrogen and oxygen atoms in total. The van der Waals surface area contributed by atoms with Crippen LogP contribution in [0.2, 0.25) is 0 Å². The van der Waals surface area contributed by atoms with Gasteiger partial charge in [-0.25, -0.2) is 4.39 Å². The maximum Gasteiger partial charge on any atom is 0.166 e. The summed E-state index contributed by atoms with van der Waals surface area (Å²) >= 11 is 0. The maximum absolute atomic E-state index is 13.7. The minimum atomic E-state index is -0.477. The number of benzene rings is 1. The van der Waals surface area contributed by atoms with Crippen LogP contribution in [0, 0.1) is 5.82 Å². The van der Waals surface area contributed by atoms with Crippen molar-refractivity contribution < 1.29 is 13.9 Å². The first-order valence-electron chi connectivity index (χ1n) is 6.38. The second-order valence-corrected chi connectivity index (χ2v) is 4.50. The molecule has 1 aliphatic rings. The number of halogens is 1. The van der Waals surface area contributed by atoms with E-state index in [1.165, 1.54) is 25.0 Å². The fourth-order valence-corrected chi connectivity index (χ4v) is 2.12. The summed E-state index contributed by atoms with van der Waals surface area (Å²) in [4.78, 5) is 10.9. The van der Waals surface area contributed by atoms with Crippen LogP contribution in [0.4, 0.5) is 4.39 Å². The Kier molecular flexibility index (Phi) is 4.51. The van der Waals surface area contributed by atoms with Crippen molar-refractivity contribution in [1.29, 1.82) is 0 Å². The van der Waals surface area contributed by atoms with Gasteiger partial charge in [-0.05, 0) is 43.9 Å². The van der Waals surface area contributed by atoms with Crippen molar-refractivity contribution in [2.75, 3.05) is 0 Å². The highest BCUT2D eigenvalue weighted by atomic mass is 19.1. The topological polar surface area (TPSA) is 26.3 Å². The Bertz CT molecular complexity index is 440. The van der Waals surface area contributed by atoms with E-state index in [1.54, 1.807) is 6.07 Å². The third-order valence-corrected chi connectivity index (χ3v) is 3.10. The van der Waals surface area contributed by atoms with Gasteiger partial charge in [-0.15, -0.1) is 0 Å². The lowest BCUT2D eigenvalue weighted by molar-refractivity contribution is 0.111. The number of aldehydes is 1. The SMILES string of the molecule is O=Cc1cccc(F)c1OC1/C=C/CCCCC1. The van der Waals surface area contributed by atoms with Gasteiger partial charge in [0.15, 0.2) is 17.9 Å². The highest BCUT2D eigenvalue weighted by Gasteiger charge is 2.14. The summed E-state index contributed by atoms with van der Waals surface area (Å²) in [7, 11) is 0. The molecular weight excluding hydrogens is 231 g/mol. The predicted octanol–water partition coefficient (Wildman–Crippen LogP) is 3.91. The van der Waals surface area contributed by atoms with Crippen molar-refractivity contribution in [2.45, 2.75) is 38.2 Å². The van der Waals surface area contributed by atoms with E-state index in [4.69, 9.17) is 4.74 Å². The number of carbonyl (C=O) groups excluding carboxylic acids is 1. The lowest BCUT2D eigenvalue weighted by atomic mass is 10.0. The average molecular weight is 248 g/mol. The minimum absolute atomic E-state index is 0.0720. The first-order valence-corrected chi connectivity index (χ1v) is 6.38. The van der Waals surface area contributed by atoms with Crippen LogP contribution in [0.5, 0.6) is 5.75 Å². The van der Waals surface area contributed by atoms with Crippen LogP contribution in [0.3, 0.4) is 0 Å². The fourth-order valence-electron chi connectivity index (χ4n) is 2.12. The van der Waals surface area contributed by atoms with Crippen LogP contribution in [-0.4, -0.2) is 12.4 Å². The van der Waals surface area contributed by atoms with Crippen molar-refractivity contribution in [3.05, 3.63) is 41.7 Å². The Morgan fingerprint density at radius 2 is 2.17 bits per heavy atom. The van der Waals surface area contributed by atoms with Crippen LogP contribution in [-0.2, 0) is 0 Å². The number of carbonyl (C=O) groups is 1. The van der Waals surface area contributed by atoms with E-state index in [1.807, 2.05) is 6.08 Å². The molecule has 0 fully saturated rings. The van der Waals surface area contributed by atoms with Crippen LogP contribution in [0.15, 0.2) is 30.4 Å². The molecule has 96 valence electrons. The Hall–Kier alpha value is -1.64. The lowest BCUT2D eigenvalue weighted by Gasteiger charge is -2.18. The van der Waals surface area contributed by atoms with Crippen molar-refractivity contribution in [3.63, 3.8) is 0 Å². The van der Waals surface area contributed by atoms with E-state index in [0.717, 1.165) is 19.3 Å². The molecule has 0 amide bonds. The van der Waals surface area contributed by atoms with Crippen molar-refractivity contribution in [1.82, 2.24) is 0 Å². The van der Waals surface area contributed by atoms with E-state index in [0.29, 0.717) is 6.29 Å². The molecule has 2 rings (SSSR count). The zero-order valence-electron chi connectivity index (χ0n) is 10.3. The Morgan fingerprint density at radius 1 is 1.28 bits per heavy atom. The molecule has 0 bridgehead atoms. The molecule has 1 unspecified atom stereocenters. The van der Waals surface area contributed by atoms with Gasteiger partial charge in [-0.3, -0.25) is 4.79 Å². The quantitative estimate of drug-likeness (QED) is 0.599. The second kappa shape index (κ2) is 6.34. The van der Waals surface area contributed by atoms with Gasteiger partial charge in [0.25, 0.3) is 0 Å². The van der Waals surface area contributed by atoms with Crippen LogP contribution in [0.1, 0.15) is 42.5 Å². The molecule has 3 heteroatoms. The highest BCUT2D eigenvalue weighted by molar-refractivity contribution is 5.79. The van der Waals surface area contributed by atoms with Crippen molar-refractivity contribution in [2.24, 2.45) is 0 Å². The summed E-state index contributed by atoms with van der Waals surface area (Å²) in [6, 6.07) is 4.40. The molecule has 0 aromatic heterocycles. The van der Waals surface area contributed by atoms with Gasteiger partial charge in [-0.2, -0.15) is 0 Å². The first kappa shape index (κ1) is 12.8. The smallest absolute Gasteiger partial charge is 0.166 e. The molecule has 0 radical (unpaired) electrons. The van der Waals surface area contributed by atoms with E-state index < -0.39 is 5.82 Å². The first-order chi connectivity index (χ1) is 8.81. The largest absolute Gasteiger partial charge is 0.483 e. The molecule has 1 aromatic rings. The average Bonchev–Trinajstić information content (AvgIpc) is 2.34. The number of hydrogen-bond donors (Lipinski definition) is 0. The van der Waals surface area contributed by atoms with Crippen molar-refractivity contribution >= 4 is 6.29 Å². The zero-order valence-corrected chi connectivity index (χ0v) is 10.3. The summed E-state index contributed by atoms with van der Waals surface area (Å²) < 4.78 is 19.3. The summed E-state index contributed by atoms with van der Waals surface area (Å²) in [6.07, 6.45) is 9.88. The molecule has 1 atom stereocenters. The molecule has 0 N–H and O–H groups in total. The summed E-state index contributed by atoms with van der Waals surface area (Å²) in [6.45, 7) is 0. The number of hydrogen-bond acceptors (Lipinski definition) is 2. The monoisotopic (exact) mass is 248 g/mol. The molecule has 0 saturated heterocycles. The number of allylic oxidation sites excluding steroid dienone is 1. The fraction of sp³-hybridized carbons (Fsp3) is 0.400. The van der Waals surface area contributed by atoms with E-state index in [9.17, 15) is 9.18 Å². The van der Waals surface area contributed by atoms with E-state index >= 15 is 0 Å². The van der Waals surface area contributed by atoms with Gasteiger partial charge >= 0.3 is 0 Å². The standard InChI is InChI=1S/C15H17FO2/c16-14-10-6-7-12(11-17)15(14)18-13-8-4-2-1-3-5-9-13/h4,6-8,10-11,13H,1-3,5,9H2/b8-4+. The third-order valence-electron chi connectivity index (χ3n) is 3.10. The number of para-hydroxylation sites is 1. The number of rotatable bonds is 3. The van der Waals surface area contributed by atoms with Gasteiger partial charge in [0.1, 0.15) is 6.10 Å². The molecular formula is C15H17FO2. The van der Waals surface area contributed by atoms with Gasteiger partial charge in [0, 0.05) is 0 Å². The van der Waals surface area contributed by atoms with Gasteiger partial charge in [0.05, 0.1) is 5.56 Å². The normalized spacial score (nSPS) is 21.7. The minimum Gasteiger partial charge on any atom is -0.483 e. The van der Waals surface area contributed by atoms with E-state index in [2.05, 4.69) is 6.08 Å². The van der Waals surface area contributed by atoms with Gasteiger partial charge in [0.2, 0.25) is 0 Å². The zero-order chi connectivity index (χ0) is 12.8. The summed E-state index contributed by atoms with van der Waals surface area (Å²) in [5.41, 5.74) is 0.269. The van der Waals surface area contributed by atoms with Gasteiger partial charge < -0.3 is 4.74 Å². The lowest BCUT2D eigenvalue weighted by Crippen LogP contribution is -2.16. The van der Waals surface area contributed by atoms with Crippen molar-refractivity contribution in [3.8, 4) is 5.75 Å². The molecule has 1 aromatic carbocycles. The molecule has 0 aliphatic heterocycles. The molecule has 0 spiro atoms. The summed E-state index contributed by atoms with van der Waals surface area (Å²) in [5, 5.41) is 0. The molecule has 18 heavy (non-hydrogen) atoms. The Labute approximate surface area is 106 Å². The van der Waals surface area contributed by atoms with E-state index in [-0.39, 0.29) is 17.4 Å². The van der Waals surface area contributed by atoms with Crippen LogP contribution in [0.25, 0.3) is 0 Å². The Balaban J connectivity index is 2.16. The maximum atomic E-state index is 13.7. The predicted molar refractivity (Wildman–Crippen MR) is 68.4 cm³/mol. The van der Waals surface area contributed by atoms with Crippen LogP contribution >= 0.6 is 0 Å².